The Morgan fingerprint density at radius 3 is 2.41 bits per heavy atom. The van der Waals surface area contributed by atoms with Crippen LogP contribution in [0.5, 0.6) is 0 Å². The van der Waals surface area contributed by atoms with Crippen molar-refractivity contribution in [1.82, 2.24) is 10.2 Å². The Hall–Kier alpha value is -0.770. The topological polar surface area (TPSA) is 41.6 Å². The minimum atomic E-state index is -0.400. The first-order valence-electron chi connectivity index (χ1n) is 9.19. The fraction of sp³-hybridized carbons (Fsp3) is 0.944. The van der Waals surface area contributed by atoms with Crippen LogP contribution in [0.2, 0.25) is 0 Å². The van der Waals surface area contributed by atoms with Gasteiger partial charge in [0.05, 0.1) is 0 Å². The van der Waals surface area contributed by atoms with Crippen LogP contribution in [-0.4, -0.2) is 41.8 Å². The smallest absolute Gasteiger partial charge is 0.410 e. The lowest BCUT2D eigenvalue weighted by Gasteiger charge is -2.29. The molecule has 4 nitrogen and oxygen atoms in total. The summed E-state index contributed by atoms with van der Waals surface area (Å²) in [6, 6.07) is 1.05. The van der Waals surface area contributed by atoms with Crippen molar-refractivity contribution in [2.24, 2.45) is 0 Å². The number of hydrogen-bond acceptors (Lipinski definition) is 3. The highest BCUT2D eigenvalue weighted by atomic mass is 16.6. The molecule has 2 fully saturated rings. The highest BCUT2D eigenvalue weighted by Gasteiger charge is 2.31. The summed E-state index contributed by atoms with van der Waals surface area (Å²) in [7, 11) is 0. The summed E-state index contributed by atoms with van der Waals surface area (Å²) < 4.78 is 5.53. The first kappa shape index (κ1) is 17.6. The Kier molecular flexibility index (Phi) is 6.54. The van der Waals surface area contributed by atoms with Gasteiger partial charge in [-0.2, -0.15) is 0 Å². The molecule has 1 amide bonds. The first-order valence-corrected chi connectivity index (χ1v) is 9.19. The quantitative estimate of drug-likeness (QED) is 0.795. The summed E-state index contributed by atoms with van der Waals surface area (Å²) in [5.74, 6) is 0. The van der Waals surface area contributed by atoms with Crippen LogP contribution >= 0.6 is 0 Å². The van der Waals surface area contributed by atoms with E-state index in [4.69, 9.17) is 4.74 Å². The van der Waals surface area contributed by atoms with Gasteiger partial charge in [0.25, 0.3) is 0 Å². The van der Waals surface area contributed by atoms with Crippen molar-refractivity contribution >= 4 is 6.09 Å². The van der Waals surface area contributed by atoms with E-state index in [1.807, 2.05) is 25.7 Å². The average molecular weight is 310 g/mol. The molecule has 0 aromatic rings. The average Bonchev–Trinajstić information content (AvgIpc) is 2.73. The molecule has 1 N–H and O–H groups in total. The summed E-state index contributed by atoms with van der Waals surface area (Å²) in [6.45, 7) is 7.68. The predicted octanol–water partition coefficient (Wildman–Crippen LogP) is 4.09. The second-order valence-corrected chi connectivity index (χ2v) is 7.90. The molecule has 22 heavy (non-hydrogen) atoms. The van der Waals surface area contributed by atoms with E-state index in [1.54, 1.807) is 0 Å². The number of carbonyl (C=O) groups excluding carboxylic acids is 1. The molecule has 1 unspecified atom stereocenters. The second kappa shape index (κ2) is 8.19. The number of ether oxygens (including phenoxy) is 1. The lowest BCUT2D eigenvalue weighted by Crippen LogP contribution is -2.41. The monoisotopic (exact) mass is 310 g/mol. The summed E-state index contributed by atoms with van der Waals surface area (Å²) in [5.41, 5.74) is -0.400. The van der Waals surface area contributed by atoms with Gasteiger partial charge in [-0.05, 0) is 59.4 Å². The normalized spacial score (nSPS) is 24.3. The summed E-state index contributed by atoms with van der Waals surface area (Å²) >= 11 is 0. The highest BCUT2D eigenvalue weighted by molar-refractivity contribution is 5.68. The van der Waals surface area contributed by atoms with Crippen molar-refractivity contribution in [1.29, 1.82) is 0 Å². The van der Waals surface area contributed by atoms with Gasteiger partial charge < -0.3 is 15.0 Å². The third-order valence-corrected chi connectivity index (χ3v) is 4.77. The number of carbonyl (C=O) groups is 1. The number of nitrogens with zero attached hydrogens (tertiary/aromatic N) is 1. The molecule has 128 valence electrons. The van der Waals surface area contributed by atoms with Crippen molar-refractivity contribution in [3.05, 3.63) is 0 Å². The molecule has 0 aromatic heterocycles. The second-order valence-electron chi connectivity index (χ2n) is 7.90. The minimum Gasteiger partial charge on any atom is -0.444 e. The molecule has 0 spiro atoms. The van der Waals surface area contributed by atoms with Crippen molar-refractivity contribution < 1.29 is 9.53 Å². The summed E-state index contributed by atoms with van der Waals surface area (Å²) in [6.07, 6.45) is 11.3. The fourth-order valence-electron chi connectivity index (χ4n) is 3.63. The van der Waals surface area contributed by atoms with Gasteiger partial charge >= 0.3 is 6.09 Å². The van der Waals surface area contributed by atoms with Gasteiger partial charge in [-0.3, -0.25) is 0 Å². The molecule has 1 atom stereocenters. The zero-order valence-electron chi connectivity index (χ0n) is 14.7. The van der Waals surface area contributed by atoms with Crippen LogP contribution in [0.4, 0.5) is 4.79 Å². The van der Waals surface area contributed by atoms with Gasteiger partial charge in [0.2, 0.25) is 0 Å². The summed E-state index contributed by atoms with van der Waals surface area (Å²) in [5, 5.41) is 3.72. The van der Waals surface area contributed by atoms with E-state index in [2.05, 4.69) is 5.32 Å². The van der Waals surface area contributed by atoms with E-state index in [1.165, 1.54) is 38.5 Å². The van der Waals surface area contributed by atoms with Gasteiger partial charge in [-0.15, -0.1) is 0 Å². The van der Waals surface area contributed by atoms with Crippen molar-refractivity contribution in [3.8, 4) is 0 Å². The molecule has 0 bridgehead atoms. The molecule has 2 rings (SSSR count). The van der Waals surface area contributed by atoms with Crippen molar-refractivity contribution in [2.75, 3.05) is 13.1 Å². The fourth-order valence-corrected chi connectivity index (χ4v) is 3.63. The Morgan fingerprint density at radius 2 is 1.77 bits per heavy atom. The molecule has 1 aliphatic carbocycles. The van der Waals surface area contributed by atoms with Crippen LogP contribution in [0.15, 0.2) is 0 Å². The molecular weight excluding hydrogens is 276 g/mol. The predicted molar refractivity (Wildman–Crippen MR) is 90.1 cm³/mol. The molecule has 1 saturated heterocycles. The van der Waals surface area contributed by atoms with E-state index in [9.17, 15) is 4.79 Å². The van der Waals surface area contributed by atoms with Gasteiger partial charge in [-0.25, -0.2) is 4.79 Å². The molecule has 1 saturated carbocycles. The molecular formula is C18H34N2O2. The SMILES string of the molecule is CC(C)(C)OC(=O)N1CCCC1CCNC1CCCCCC1. The van der Waals surface area contributed by atoms with E-state index in [-0.39, 0.29) is 6.09 Å². The molecule has 4 heteroatoms. The number of nitrogens with one attached hydrogen (secondary N) is 1. The Bertz CT molecular complexity index is 343. The first-order chi connectivity index (χ1) is 10.5. The van der Waals surface area contributed by atoms with Crippen LogP contribution in [0.25, 0.3) is 0 Å². The Labute approximate surface area is 136 Å². The largest absolute Gasteiger partial charge is 0.444 e. The minimum absolute atomic E-state index is 0.135. The van der Waals surface area contributed by atoms with E-state index >= 15 is 0 Å². The summed E-state index contributed by atoms with van der Waals surface area (Å²) in [4.78, 5) is 14.2. The number of likely N-dealkylation sites (tertiary alicyclic amines) is 1. The van der Waals surface area contributed by atoms with Gasteiger partial charge in [0, 0.05) is 18.6 Å². The molecule has 0 radical (unpaired) electrons. The number of hydrogen-bond donors (Lipinski definition) is 1. The van der Waals surface area contributed by atoms with Gasteiger partial charge in [0.1, 0.15) is 5.60 Å². The molecule has 1 aliphatic heterocycles. The van der Waals surface area contributed by atoms with Crippen molar-refractivity contribution in [3.63, 3.8) is 0 Å². The zero-order chi connectivity index (χ0) is 16.0. The van der Waals surface area contributed by atoms with E-state index < -0.39 is 5.60 Å². The van der Waals surface area contributed by atoms with Crippen LogP contribution in [0.1, 0.15) is 78.6 Å². The molecule has 0 aromatic carbocycles. The Balaban J connectivity index is 1.72. The van der Waals surface area contributed by atoms with E-state index in [0.717, 1.165) is 32.4 Å². The maximum absolute atomic E-state index is 12.3. The van der Waals surface area contributed by atoms with Crippen LogP contribution in [0.3, 0.4) is 0 Å². The van der Waals surface area contributed by atoms with Crippen LogP contribution in [0, 0.1) is 0 Å². The van der Waals surface area contributed by atoms with E-state index in [0.29, 0.717) is 12.1 Å². The standard InChI is InChI=1S/C18H34N2O2/c1-18(2,3)22-17(21)20-14-8-11-16(20)12-13-19-15-9-6-4-5-7-10-15/h15-16,19H,4-14H2,1-3H3. The lowest BCUT2D eigenvalue weighted by molar-refractivity contribution is 0.0220. The van der Waals surface area contributed by atoms with Crippen molar-refractivity contribution in [2.45, 2.75) is 96.2 Å². The third-order valence-electron chi connectivity index (χ3n) is 4.77. The third kappa shape index (κ3) is 5.79. The van der Waals surface area contributed by atoms with Crippen LogP contribution < -0.4 is 5.32 Å². The lowest BCUT2D eigenvalue weighted by atomic mass is 10.1. The Morgan fingerprint density at radius 1 is 1.09 bits per heavy atom. The maximum Gasteiger partial charge on any atom is 0.410 e. The molecule has 2 aliphatic rings. The molecule has 1 heterocycles. The zero-order valence-corrected chi connectivity index (χ0v) is 14.7. The number of amides is 1. The number of rotatable bonds is 4. The van der Waals surface area contributed by atoms with Gasteiger partial charge in [-0.1, -0.05) is 25.7 Å². The highest BCUT2D eigenvalue weighted by Crippen LogP contribution is 2.23. The van der Waals surface area contributed by atoms with Crippen LogP contribution in [-0.2, 0) is 4.74 Å². The maximum atomic E-state index is 12.3. The van der Waals surface area contributed by atoms with Gasteiger partial charge in [0.15, 0.2) is 0 Å².